The number of nitrogens with zero attached hydrogens (tertiary/aromatic N) is 2. The summed E-state index contributed by atoms with van der Waals surface area (Å²) in [5.41, 5.74) is -0.451. The van der Waals surface area contributed by atoms with Gasteiger partial charge in [-0.15, -0.1) is 0 Å². The van der Waals surface area contributed by atoms with E-state index in [0.717, 1.165) is 12.1 Å². The molecule has 1 heterocycles. The molecule has 0 spiro atoms. The number of halogens is 5. The third-order valence-electron chi connectivity index (χ3n) is 2.84. The molecule has 0 radical (unpaired) electrons. The molecule has 0 saturated carbocycles. The molecule has 1 aromatic rings. The molecule has 0 aromatic heterocycles. The van der Waals surface area contributed by atoms with E-state index in [1.165, 1.54) is 12.1 Å². The average molecular weight is 399 g/mol. The van der Waals surface area contributed by atoms with Gasteiger partial charge in [-0.1, -0.05) is 22.0 Å². The van der Waals surface area contributed by atoms with E-state index >= 15 is 0 Å². The summed E-state index contributed by atoms with van der Waals surface area (Å²) in [5, 5.41) is 0. The molecule has 2 unspecified atom stereocenters. The molecule has 120 valence electrons. The third kappa shape index (κ3) is 3.57. The lowest BCUT2D eigenvalue weighted by Gasteiger charge is -2.22. The summed E-state index contributed by atoms with van der Waals surface area (Å²) >= 11 is 3.32. The SMILES string of the molecule is CC1=CN(c2cccc(C(F)(F)F)c2)C(Br)S1=NC(=O)CF. The lowest BCUT2D eigenvalue weighted by Crippen LogP contribution is -2.24. The predicted octanol–water partition coefficient (Wildman–Crippen LogP) is 4.36. The zero-order valence-electron chi connectivity index (χ0n) is 11.3. The Morgan fingerprint density at radius 3 is 2.73 bits per heavy atom. The number of anilines is 1. The Kier molecular flexibility index (Phi) is 5.06. The summed E-state index contributed by atoms with van der Waals surface area (Å²) in [7, 11) is -0.947. The normalized spacial score (nSPS) is 22.1. The summed E-state index contributed by atoms with van der Waals surface area (Å²) in [6.45, 7) is 0.500. The summed E-state index contributed by atoms with van der Waals surface area (Å²) in [6, 6.07) is 4.83. The molecule has 0 aliphatic carbocycles. The van der Waals surface area contributed by atoms with Crippen LogP contribution in [0.25, 0.3) is 0 Å². The number of carbonyl (C=O) groups is 1. The highest BCUT2D eigenvalue weighted by Crippen LogP contribution is 2.36. The molecule has 1 amide bonds. The van der Waals surface area contributed by atoms with Crippen LogP contribution >= 0.6 is 15.9 Å². The van der Waals surface area contributed by atoms with Gasteiger partial charge in [-0.3, -0.25) is 4.79 Å². The third-order valence-corrected chi connectivity index (χ3v) is 6.10. The predicted molar refractivity (Wildman–Crippen MR) is 81.2 cm³/mol. The largest absolute Gasteiger partial charge is 0.416 e. The Balaban J connectivity index is 2.36. The van der Waals surface area contributed by atoms with Crippen LogP contribution < -0.4 is 4.90 Å². The van der Waals surface area contributed by atoms with Gasteiger partial charge < -0.3 is 4.90 Å². The molecule has 9 heteroatoms. The first-order chi connectivity index (χ1) is 10.2. The molecular weight excluding hydrogens is 388 g/mol. The van der Waals surface area contributed by atoms with Crippen LogP contribution in [0.2, 0.25) is 0 Å². The van der Waals surface area contributed by atoms with Gasteiger partial charge in [0, 0.05) is 16.8 Å². The van der Waals surface area contributed by atoms with Gasteiger partial charge in [-0.25, -0.2) is 4.39 Å². The lowest BCUT2D eigenvalue weighted by molar-refractivity contribution is -0.137. The molecule has 0 N–H and O–H groups in total. The Hall–Kier alpha value is -1.22. The quantitative estimate of drug-likeness (QED) is 0.421. The topological polar surface area (TPSA) is 32.7 Å². The number of alkyl halides is 5. The van der Waals surface area contributed by atoms with Gasteiger partial charge in [-0.2, -0.15) is 17.5 Å². The Morgan fingerprint density at radius 1 is 1.45 bits per heavy atom. The van der Waals surface area contributed by atoms with E-state index in [4.69, 9.17) is 0 Å². The highest BCUT2D eigenvalue weighted by atomic mass is 79.9. The highest BCUT2D eigenvalue weighted by molar-refractivity contribution is 9.11. The first-order valence-electron chi connectivity index (χ1n) is 6.06. The van der Waals surface area contributed by atoms with Crippen LogP contribution in [0.5, 0.6) is 0 Å². The second-order valence-electron chi connectivity index (χ2n) is 4.42. The van der Waals surface area contributed by atoms with Gasteiger partial charge in [0.15, 0.2) is 6.67 Å². The highest BCUT2D eigenvalue weighted by Gasteiger charge is 2.33. The van der Waals surface area contributed by atoms with Crippen LogP contribution in [0.1, 0.15) is 12.5 Å². The molecular formula is C13H11BrF4N2OS. The van der Waals surface area contributed by atoms with E-state index in [9.17, 15) is 22.4 Å². The van der Waals surface area contributed by atoms with Crippen LogP contribution in [0, 0.1) is 0 Å². The second-order valence-corrected chi connectivity index (χ2v) is 7.80. The monoisotopic (exact) mass is 398 g/mol. The van der Waals surface area contributed by atoms with Crippen molar-refractivity contribution in [3.63, 3.8) is 0 Å². The molecule has 1 aliphatic heterocycles. The van der Waals surface area contributed by atoms with Crippen molar-refractivity contribution in [1.82, 2.24) is 0 Å². The Labute approximate surface area is 135 Å². The summed E-state index contributed by atoms with van der Waals surface area (Å²) < 4.78 is 53.8. The molecule has 0 saturated heterocycles. The number of benzene rings is 1. The lowest BCUT2D eigenvalue weighted by atomic mass is 10.2. The molecule has 0 bridgehead atoms. The maximum absolute atomic E-state index is 12.8. The standard InChI is InChI=1S/C13H11BrF4N2OS/c1-8-7-20(12(14)22(8)19-11(21)6-15)10-4-2-3-9(5-10)13(16,17)18/h2-5,7,12H,6H2,1H3. The Morgan fingerprint density at radius 2 is 2.14 bits per heavy atom. The molecule has 1 aromatic carbocycles. The summed E-state index contributed by atoms with van der Waals surface area (Å²) in [6.07, 6.45) is -2.83. The number of rotatable bonds is 2. The smallest absolute Gasteiger partial charge is 0.324 e. The van der Waals surface area contributed by atoms with Gasteiger partial charge >= 0.3 is 6.18 Å². The molecule has 2 rings (SSSR count). The molecule has 0 fully saturated rings. The van der Waals surface area contributed by atoms with Crippen LogP contribution in [0.4, 0.5) is 23.2 Å². The van der Waals surface area contributed by atoms with Crippen molar-refractivity contribution in [3.05, 3.63) is 40.9 Å². The van der Waals surface area contributed by atoms with E-state index in [2.05, 4.69) is 20.3 Å². The minimum atomic E-state index is -4.44. The van der Waals surface area contributed by atoms with E-state index in [-0.39, 0.29) is 0 Å². The number of hydrogen-bond donors (Lipinski definition) is 0. The molecule has 3 nitrogen and oxygen atoms in total. The van der Waals surface area contributed by atoms with E-state index in [1.54, 1.807) is 18.0 Å². The van der Waals surface area contributed by atoms with Gasteiger partial charge in [0.2, 0.25) is 0 Å². The fraction of sp³-hybridized carbons (Fsp3) is 0.308. The van der Waals surface area contributed by atoms with Gasteiger partial charge in [0.05, 0.1) is 5.56 Å². The van der Waals surface area contributed by atoms with Crippen molar-refractivity contribution >= 4 is 38.2 Å². The van der Waals surface area contributed by atoms with Crippen molar-refractivity contribution in [2.24, 2.45) is 4.36 Å². The molecule has 22 heavy (non-hydrogen) atoms. The van der Waals surface area contributed by atoms with Crippen molar-refractivity contribution in [2.75, 3.05) is 11.6 Å². The number of hydrogen-bond acceptors (Lipinski definition) is 2. The fourth-order valence-corrected chi connectivity index (χ4v) is 4.77. The number of carbonyl (C=O) groups excluding carboxylic acids is 1. The van der Waals surface area contributed by atoms with Crippen LogP contribution in [0.3, 0.4) is 0 Å². The van der Waals surface area contributed by atoms with E-state index < -0.39 is 39.3 Å². The van der Waals surface area contributed by atoms with E-state index in [0.29, 0.717) is 10.6 Å². The Bertz CT molecular complexity index is 660. The maximum atomic E-state index is 12.8. The first-order valence-corrected chi connectivity index (χ1v) is 8.22. The number of amides is 1. The summed E-state index contributed by atoms with van der Waals surface area (Å²) in [5.74, 6) is -0.883. The van der Waals surface area contributed by atoms with Crippen molar-refractivity contribution < 1.29 is 22.4 Å². The maximum Gasteiger partial charge on any atom is 0.416 e. The molecule has 2 atom stereocenters. The van der Waals surface area contributed by atoms with Gasteiger partial charge in [-0.05, 0) is 35.8 Å². The minimum Gasteiger partial charge on any atom is -0.324 e. The van der Waals surface area contributed by atoms with Crippen molar-refractivity contribution in [3.8, 4) is 0 Å². The van der Waals surface area contributed by atoms with Crippen molar-refractivity contribution in [1.29, 1.82) is 0 Å². The summed E-state index contributed by atoms with van der Waals surface area (Å²) in [4.78, 5) is 13.4. The van der Waals surface area contributed by atoms with E-state index in [1.807, 2.05) is 0 Å². The van der Waals surface area contributed by atoms with Crippen LogP contribution in [-0.2, 0) is 21.7 Å². The van der Waals surface area contributed by atoms with Crippen LogP contribution in [-0.4, -0.2) is 16.9 Å². The number of allylic oxidation sites excluding steroid dienone is 1. The second kappa shape index (κ2) is 6.49. The van der Waals surface area contributed by atoms with Crippen LogP contribution in [0.15, 0.2) is 39.7 Å². The van der Waals surface area contributed by atoms with Crippen molar-refractivity contribution in [2.45, 2.75) is 17.4 Å². The minimum absolute atomic E-state index is 0.314. The zero-order chi connectivity index (χ0) is 16.5. The average Bonchev–Trinajstić information content (AvgIpc) is 2.74. The fourth-order valence-electron chi connectivity index (χ4n) is 1.85. The van der Waals surface area contributed by atoms with Gasteiger partial charge in [0.1, 0.15) is 4.28 Å². The molecule has 1 aliphatic rings. The van der Waals surface area contributed by atoms with Gasteiger partial charge in [0.25, 0.3) is 5.91 Å². The zero-order valence-corrected chi connectivity index (χ0v) is 13.7. The first kappa shape index (κ1) is 17.1.